The third-order valence-corrected chi connectivity index (χ3v) is 5.86. The SMILES string of the molecule is CON(CC(Cc1c(F)cccc1F)c1c(C)cccc1C)C(C)C1CC1. The molecule has 0 heterocycles. The Bertz CT molecular complexity index is 747. The van der Waals surface area contributed by atoms with Gasteiger partial charge >= 0.3 is 0 Å². The van der Waals surface area contributed by atoms with Crippen LogP contribution in [0.5, 0.6) is 0 Å². The maximum Gasteiger partial charge on any atom is 0.129 e. The fraction of sp³-hybridized carbons (Fsp3) is 0.478. The van der Waals surface area contributed by atoms with E-state index in [0.717, 1.165) is 16.7 Å². The molecule has 2 atom stereocenters. The summed E-state index contributed by atoms with van der Waals surface area (Å²) in [5, 5.41) is 1.99. The first kappa shape index (κ1) is 20.0. The summed E-state index contributed by atoms with van der Waals surface area (Å²) in [4.78, 5) is 5.69. The first-order valence-electron chi connectivity index (χ1n) is 9.72. The quantitative estimate of drug-likeness (QED) is 0.561. The summed E-state index contributed by atoms with van der Waals surface area (Å²) in [5.74, 6) is -0.372. The van der Waals surface area contributed by atoms with Crippen molar-refractivity contribution in [3.05, 3.63) is 70.3 Å². The Kier molecular flexibility index (Phi) is 6.28. The topological polar surface area (TPSA) is 12.5 Å². The zero-order chi connectivity index (χ0) is 19.6. The molecule has 4 heteroatoms. The van der Waals surface area contributed by atoms with E-state index < -0.39 is 11.6 Å². The van der Waals surface area contributed by atoms with Gasteiger partial charge in [0.05, 0.1) is 7.11 Å². The molecule has 0 saturated heterocycles. The second-order valence-corrected chi connectivity index (χ2v) is 7.77. The van der Waals surface area contributed by atoms with E-state index in [2.05, 4.69) is 32.9 Å². The number of rotatable bonds is 8. The molecule has 1 saturated carbocycles. The molecule has 0 aliphatic heterocycles. The number of nitrogens with zero attached hydrogens (tertiary/aromatic N) is 1. The largest absolute Gasteiger partial charge is 0.302 e. The van der Waals surface area contributed by atoms with Crippen molar-refractivity contribution < 1.29 is 13.6 Å². The van der Waals surface area contributed by atoms with Gasteiger partial charge in [-0.2, -0.15) is 5.06 Å². The number of halogens is 2. The highest BCUT2D eigenvalue weighted by molar-refractivity contribution is 5.38. The Morgan fingerprint density at radius 3 is 2.11 bits per heavy atom. The van der Waals surface area contributed by atoms with Crippen LogP contribution < -0.4 is 0 Å². The van der Waals surface area contributed by atoms with Crippen molar-refractivity contribution in [2.75, 3.05) is 13.7 Å². The summed E-state index contributed by atoms with van der Waals surface area (Å²) in [6, 6.07) is 10.5. The van der Waals surface area contributed by atoms with Crippen LogP contribution in [0.4, 0.5) is 8.78 Å². The van der Waals surface area contributed by atoms with Crippen LogP contribution in [-0.2, 0) is 11.3 Å². The molecule has 0 amide bonds. The van der Waals surface area contributed by atoms with Gasteiger partial charge < -0.3 is 4.84 Å². The number of hydrogen-bond donors (Lipinski definition) is 0. The fourth-order valence-corrected chi connectivity index (χ4v) is 4.14. The number of hydroxylamine groups is 2. The lowest BCUT2D eigenvalue weighted by atomic mass is 9.85. The van der Waals surface area contributed by atoms with Gasteiger partial charge in [0.25, 0.3) is 0 Å². The zero-order valence-corrected chi connectivity index (χ0v) is 16.6. The van der Waals surface area contributed by atoms with Gasteiger partial charge in [0.15, 0.2) is 0 Å². The molecule has 3 rings (SSSR count). The second-order valence-electron chi connectivity index (χ2n) is 7.77. The van der Waals surface area contributed by atoms with E-state index in [0.29, 0.717) is 24.9 Å². The molecule has 1 aliphatic rings. The maximum atomic E-state index is 14.4. The lowest BCUT2D eigenvalue weighted by Crippen LogP contribution is -2.37. The number of benzene rings is 2. The van der Waals surface area contributed by atoms with Crippen LogP contribution in [0.1, 0.15) is 47.9 Å². The van der Waals surface area contributed by atoms with Gasteiger partial charge in [-0.1, -0.05) is 24.3 Å². The number of hydrogen-bond acceptors (Lipinski definition) is 2. The van der Waals surface area contributed by atoms with Gasteiger partial charge in [-0.25, -0.2) is 8.78 Å². The van der Waals surface area contributed by atoms with E-state index in [4.69, 9.17) is 4.84 Å². The molecular weight excluding hydrogens is 344 g/mol. The van der Waals surface area contributed by atoms with Gasteiger partial charge in [-0.15, -0.1) is 0 Å². The molecule has 0 bridgehead atoms. The predicted molar refractivity (Wildman–Crippen MR) is 105 cm³/mol. The Labute approximate surface area is 161 Å². The van der Waals surface area contributed by atoms with Crippen LogP contribution in [-0.4, -0.2) is 24.8 Å². The third kappa shape index (κ3) is 4.56. The standard InChI is InChI=1S/C23H29F2NO/c1-15-7-5-8-16(2)23(15)19(13-20-21(24)9-6-10-22(20)25)14-26(27-4)17(3)18-11-12-18/h5-10,17-19H,11-14H2,1-4H3. The van der Waals surface area contributed by atoms with Crippen molar-refractivity contribution >= 4 is 0 Å². The van der Waals surface area contributed by atoms with Crippen LogP contribution >= 0.6 is 0 Å². The minimum atomic E-state index is -0.481. The molecular formula is C23H29F2NO. The van der Waals surface area contributed by atoms with Gasteiger partial charge in [-0.05, 0) is 74.8 Å². The monoisotopic (exact) mass is 373 g/mol. The van der Waals surface area contributed by atoms with E-state index in [1.807, 2.05) is 11.1 Å². The smallest absolute Gasteiger partial charge is 0.129 e. The van der Waals surface area contributed by atoms with Gasteiger partial charge in [-0.3, -0.25) is 0 Å². The maximum absolute atomic E-state index is 14.4. The zero-order valence-electron chi connectivity index (χ0n) is 16.6. The van der Waals surface area contributed by atoms with Gasteiger partial charge in [0.2, 0.25) is 0 Å². The van der Waals surface area contributed by atoms with E-state index in [1.54, 1.807) is 7.11 Å². The summed E-state index contributed by atoms with van der Waals surface area (Å²) in [5.41, 5.74) is 3.60. The molecule has 2 aromatic rings. The molecule has 2 nitrogen and oxygen atoms in total. The third-order valence-electron chi connectivity index (χ3n) is 5.86. The van der Waals surface area contributed by atoms with Gasteiger partial charge in [0.1, 0.15) is 11.6 Å². The Morgan fingerprint density at radius 1 is 1.04 bits per heavy atom. The minimum Gasteiger partial charge on any atom is -0.302 e. The Hall–Kier alpha value is -1.78. The predicted octanol–water partition coefficient (Wildman–Crippen LogP) is 5.57. The van der Waals surface area contributed by atoms with E-state index in [9.17, 15) is 8.78 Å². The van der Waals surface area contributed by atoms with Crippen molar-refractivity contribution in [2.24, 2.45) is 5.92 Å². The van der Waals surface area contributed by atoms with E-state index >= 15 is 0 Å². The summed E-state index contributed by atoms with van der Waals surface area (Å²) in [6.07, 6.45) is 2.75. The van der Waals surface area contributed by atoms with E-state index in [1.165, 1.54) is 31.0 Å². The highest BCUT2D eigenvalue weighted by atomic mass is 19.1. The average molecular weight is 373 g/mol. The molecule has 146 valence electrons. The van der Waals surface area contributed by atoms with E-state index in [-0.39, 0.29) is 11.5 Å². The Balaban J connectivity index is 1.95. The average Bonchev–Trinajstić information content (AvgIpc) is 3.46. The van der Waals surface area contributed by atoms with Crippen LogP contribution in [0.15, 0.2) is 36.4 Å². The molecule has 2 aromatic carbocycles. The summed E-state index contributed by atoms with van der Waals surface area (Å²) in [7, 11) is 1.68. The lowest BCUT2D eigenvalue weighted by Gasteiger charge is -2.32. The van der Waals surface area contributed by atoms with Crippen molar-refractivity contribution in [1.82, 2.24) is 5.06 Å². The van der Waals surface area contributed by atoms with Crippen LogP contribution in [0.3, 0.4) is 0 Å². The van der Waals surface area contributed by atoms with Gasteiger partial charge in [0, 0.05) is 24.1 Å². The normalized spacial score (nSPS) is 16.6. The summed E-state index contributed by atoms with van der Waals surface area (Å²) in [6.45, 7) is 6.91. The molecule has 27 heavy (non-hydrogen) atoms. The fourth-order valence-electron chi connectivity index (χ4n) is 4.14. The van der Waals surface area contributed by atoms with Crippen LogP contribution in [0, 0.1) is 31.4 Å². The van der Waals surface area contributed by atoms with Crippen molar-refractivity contribution in [3.8, 4) is 0 Å². The summed E-state index contributed by atoms with van der Waals surface area (Å²) < 4.78 is 28.7. The molecule has 0 N–H and O–H groups in total. The highest BCUT2D eigenvalue weighted by Crippen LogP contribution is 2.37. The highest BCUT2D eigenvalue weighted by Gasteiger charge is 2.34. The molecule has 0 spiro atoms. The minimum absolute atomic E-state index is 0.0567. The Morgan fingerprint density at radius 2 is 1.59 bits per heavy atom. The molecule has 0 radical (unpaired) electrons. The number of aryl methyl sites for hydroxylation is 2. The lowest BCUT2D eigenvalue weighted by molar-refractivity contribution is -0.165. The van der Waals surface area contributed by atoms with Crippen molar-refractivity contribution in [3.63, 3.8) is 0 Å². The van der Waals surface area contributed by atoms with Crippen molar-refractivity contribution in [1.29, 1.82) is 0 Å². The first-order chi connectivity index (χ1) is 12.9. The van der Waals surface area contributed by atoms with Crippen LogP contribution in [0.2, 0.25) is 0 Å². The van der Waals surface area contributed by atoms with Crippen LogP contribution in [0.25, 0.3) is 0 Å². The first-order valence-corrected chi connectivity index (χ1v) is 9.72. The van der Waals surface area contributed by atoms with Crippen molar-refractivity contribution in [2.45, 2.75) is 52.0 Å². The molecule has 1 aliphatic carbocycles. The second kappa shape index (κ2) is 8.49. The molecule has 1 fully saturated rings. The summed E-state index contributed by atoms with van der Waals surface area (Å²) >= 11 is 0. The molecule has 2 unspecified atom stereocenters. The molecule has 0 aromatic heterocycles.